The molecular weight excluding hydrogens is 255 g/mol. The van der Waals surface area contributed by atoms with Gasteiger partial charge in [0.25, 0.3) is 0 Å². The van der Waals surface area contributed by atoms with Crippen LogP contribution in [0.3, 0.4) is 0 Å². The van der Waals surface area contributed by atoms with Gasteiger partial charge in [-0.15, -0.1) is 0 Å². The summed E-state index contributed by atoms with van der Waals surface area (Å²) in [4.78, 5) is 11.9. The third kappa shape index (κ3) is 2.76. The number of methoxy groups -OCH3 is 1. The summed E-state index contributed by atoms with van der Waals surface area (Å²) in [6.45, 7) is 1.03. The highest BCUT2D eigenvalue weighted by Crippen LogP contribution is 2.35. The Bertz CT molecular complexity index is 487. The van der Waals surface area contributed by atoms with Crippen molar-refractivity contribution in [3.05, 3.63) is 28.1 Å². The molecule has 0 spiro atoms. The number of rotatable bonds is 3. The molecule has 104 valence electrons. The van der Waals surface area contributed by atoms with Gasteiger partial charge in [-0.2, -0.15) is 0 Å². The molecule has 0 atom stereocenters. The molecule has 1 aliphatic rings. The number of anilines is 1. The van der Waals surface area contributed by atoms with Crippen LogP contribution in [0.2, 0.25) is 0 Å². The van der Waals surface area contributed by atoms with Crippen LogP contribution < -0.4 is 9.64 Å². The summed E-state index contributed by atoms with van der Waals surface area (Å²) in [5.41, 5.74) is -0.116. The van der Waals surface area contributed by atoms with Crippen molar-refractivity contribution in [1.29, 1.82) is 0 Å². The second kappa shape index (κ2) is 5.40. The summed E-state index contributed by atoms with van der Waals surface area (Å²) in [6.07, 6.45) is 0.747. The standard InChI is InChI=1S/C12H15FN2O4/c1-19-12-7-10(9(13)6-11(12)15(17)18)14-4-2-8(16)3-5-14/h6-8,16H,2-5H2,1H3. The van der Waals surface area contributed by atoms with E-state index in [1.54, 1.807) is 4.90 Å². The highest BCUT2D eigenvalue weighted by atomic mass is 19.1. The highest BCUT2D eigenvalue weighted by molar-refractivity contribution is 5.60. The zero-order chi connectivity index (χ0) is 14.0. The van der Waals surface area contributed by atoms with Crippen LogP contribution >= 0.6 is 0 Å². The van der Waals surface area contributed by atoms with Gasteiger partial charge in [-0.3, -0.25) is 10.1 Å². The molecule has 1 heterocycles. The number of halogens is 1. The Kier molecular flexibility index (Phi) is 3.84. The first-order valence-electron chi connectivity index (χ1n) is 5.98. The molecule has 0 unspecified atom stereocenters. The maximum atomic E-state index is 13.9. The van der Waals surface area contributed by atoms with Gasteiger partial charge in [-0.1, -0.05) is 0 Å². The lowest BCUT2D eigenvalue weighted by molar-refractivity contribution is -0.385. The van der Waals surface area contributed by atoms with Crippen LogP contribution in [0.25, 0.3) is 0 Å². The number of nitro benzene ring substituents is 1. The lowest BCUT2D eigenvalue weighted by Crippen LogP contribution is -2.36. The van der Waals surface area contributed by atoms with E-state index < -0.39 is 10.7 Å². The Morgan fingerprint density at radius 3 is 2.63 bits per heavy atom. The topological polar surface area (TPSA) is 75.8 Å². The average molecular weight is 270 g/mol. The largest absolute Gasteiger partial charge is 0.490 e. The molecule has 0 bridgehead atoms. The minimum atomic E-state index is -0.675. The van der Waals surface area contributed by atoms with E-state index in [0.29, 0.717) is 25.9 Å². The van der Waals surface area contributed by atoms with Crippen molar-refractivity contribution in [1.82, 2.24) is 0 Å². The van der Waals surface area contributed by atoms with Crippen LogP contribution in [-0.2, 0) is 0 Å². The Morgan fingerprint density at radius 2 is 2.11 bits per heavy atom. The average Bonchev–Trinajstić information content (AvgIpc) is 2.39. The molecule has 1 N–H and O–H groups in total. The fourth-order valence-corrected chi connectivity index (χ4v) is 2.19. The maximum Gasteiger partial charge on any atom is 0.313 e. The van der Waals surface area contributed by atoms with Crippen LogP contribution in [0, 0.1) is 15.9 Å². The molecule has 7 heteroatoms. The number of aliphatic hydroxyl groups is 1. The Balaban J connectivity index is 2.33. The van der Waals surface area contributed by atoms with Gasteiger partial charge in [0.15, 0.2) is 11.6 Å². The molecule has 1 fully saturated rings. The fourth-order valence-electron chi connectivity index (χ4n) is 2.19. The zero-order valence-electron chi connectivity index (χ0n) is 10.5. The predicted octanol–water partition coefficient (Wildman–Crippen LogP) is 1.70. The lowest BCUT2D eigenvalue weighted by Gasteiger charge is -2.31. The first-order valence-corrected chi connectivity index (χ1v) is 5.98. The van der Waals surface area contributed by atoms with Crippen molar-refractivity contribution in [2.24, 2.45) is 0 Å². The third-order valence-corrected chi connectivity index (χ3v) is 3.25. The summed E-state index contributed by atoms with van der Waals surface area (Å²) in [6, 6.07) is 2.21. The fraction of sp³-hybridized carbons (Fsp3) is 0.500. The van der Waals surface area contributed by atoms with Gasteiger partial charge in [-0.25, -0.2) is 4.39 Å². The zero-order valence-corrected chi connectivity index (χ0v) is 10.5. The van der Waals surface area contributed by atoms with E-state index in [2.05, 4.69) is 0 Å². The summed E-state index contributed by atoms with van der Waals surface area (Å²) < 4.78 is 18.9. The van der Waals surface area contributed by atoms with E-state index >= 15 is 0 Å². The van der Waals surface area contributed by atoms with Crippen molar-refractivity contribution in [2.45, 2.75) is 18.9 Å². The minimum Gasteiger partial charge on any atom is -0.490 e. The van der Waals surface area contributed by atoms with Gasteiger partial charge in [-0.05, 0) is 12.8 Å². The molecule has 6 nitrogen and oxygen atoms in total. The van der Waals surface area contributed by atoms with Gasteiger partial charge in [0.2, 0.25) is 0 Å². The van der Waals surface area contributed by atoms with Gasteiger partial charge in [0, 0.05) is 19.2 Å². The van der Waals surface area contributed by atoms with Crippen LogP contribution in [0.4, 0.5) is 15.8 Å². The molecule has 2 rings (SSSR count). The quantitative estimate of drug-likeness (QED) is 0.668. The molecule has 1 aromatic rings. The number of piperidine rings is 1. The number of ether oxygens (including phenoxy) is 1. The monoisotopic (exact) mass is 270 g/mol. The van der Waals surface area contributed by atoms with Crippen molar-refractivity contribution < 1.29 is 19.2 Å². The Hall–Kier alpha value is -1.89. The summed E-state index contributed by atoms with van der Waals surface area (Å²) in [7, 11) is 1.31. The number of aliphatic hydroxyl groups excluding tert-OH is 1. The second-order valence-electron chi connectivity index (χ2n) is 4.45. The summed E-state index contributed by atoms with van der Waals surface area (Å²) in [5.74, 6) is -0.614. The van der Waals surface area contributed by atoms with Gasteiger partial charge in [0.1, 0.15) is 0 Å². The van der Waals surface area contributed by atoms with Crippen LogP contribution in [0.5, 0.6) is 5.75 Å². The third-order valence-electron chi connectivity index (χ3n) is 3.25. The molecule has 1 saturated heterocycles. The van der Waals surface area contributed by atoms with Crippen molar-refractivity contribution in [2.75, 3.05) is 25.1 Å². The van der Waals surface area contributed by atoms with Crippen LogP contribution in [0.15, 0.2) is 12.1 Å². The molecule has 0 aromatic heterocycles. The van der Waals surface area contributed by atoms with E-state index in [-0.39, 0.29) is 23.2 Å². The number of hydrogen-bond acceptors (Lipinski definition) is 5. The Labute approximate surface area is 109 Å². The van der Waals surface area contributed by atoms with Gasteiger partial charge >= 0.3 is 5.69 Å². The van der Waals surface area contributed by atoms with Crippen LogP contribution in [0.1, 0.15) is 12.8 Å². The molecule has 0 aliphatic carbocycles. The number of hydrogen-bond donors (Lipinski definition) is 1. The van der Waals surface area contributed by atoms with Gasteiger partial charge in [0.05, 0.1) is 29.9 Å². The molecule has 0 radical (unpaired) electrons. The van der Waals surface area contributed by atoms with Crippen molar-refractivity contribution in [3.63, 3.8) is 0 Å². The SMILES string of the molecule is COc1cc(N2CCC(O)CC2)c(F)cc1[N+](=O)[O-]. The number of benzene rings is 1. The Morgan fingerprint density at radius 1 is 1.47 bits per heavy atom. The molecule has 0 saturated carbocycles. The number of nitrogens with zero attached hydrogens (tertiary/aromatic N) is 2. The number of nitro groups is 1. The second-order valence-corrected chi connectivity index (χ2v) is 4.45. The van der Waals surface area contributed by atoms with E-state index in [1.807, 2.05) is 0 Å². The minimum absolute atomic E-state index is 0.0347. The van der Waals surface area contributed by atoms with Crippen molar-refractivity contribution >= 4 is 11.4 Å². The first-order chi connectivity index (χ1) is 9.02. The van der Waals surface area contributed by atoms with E-state index in [1.165, 1.54) is 13.2 Å². The molecule has 1 aromatic carbocycles. The normalized spacial score (nSPS) is 16.5. The lowest BCUT2D eigenvalue weighted by atomic mass is 10.1. The molecule has 1 aliphatic heterocycles. The van der Waals surface area contributed by atoms with Crippen LogP contribution in [-0.4, -0.2) is 36.3 Å². The van der Waals surface area contributed by atoms with E-state index in [0.717, 1.165) is 6.07 Å². The smallest absolute Gasteiger partial charge is 0.313 e. The first kappa shape index (κ1) is 13.5. The molecule has 19 heavy (non-hydrogen) atoms. The van der Waals surface area contributed by atoms with E-state index in [4.69, 9.17) is 4.74 Å². The predicted molar refractivity (Wildman–Crippen MR) is 67.1 cm³/mol. The highest BCUT2D eigenvalue weighted by Gasteiger charge is 2.24. The van der Waals surface area contributed by atoms with E-state index in [9.17, 15) is 19.6 Å². The molecule has 0 amide bonds. The summed E-state index contributed by atoms with van der Waals surface area (Å²) >= 11 is 0. The molecular formula is C12H15FN2O4. The maximum absolute atomic E-state index is 13.9. The van der Waals surface area contributed by atoms with Gasteiger partial charge < -0.3 is 14.7 Å². The summed E-state index contributed by atoms with van der Waals surface area (Å²) in [5, 5.41) is 20.2. The van der Waals surface area contributed by atoms with Crippen molar-refractivity contribution in [3.8, 4) is 5.75 Å².